The molecular formula is C23H23BrF3N3O3. The molecule has 0 aliphatic carbocycles. The van der Waals surface area contributed by atoms with E-state index in [-0.39, 0.29) is 17.3 Å². The van der Waals surface area contributed by atoms with Crippen LogP contribution in [0.1, 0.15) is 30.7 Å². The Kier molecular flexibility index (Phi) is 7.06. The number of hydrogen-bond donors (Lipinski definition) is 1. The molecule has 0 aliphatic heterocycles. The van der Waals surface area contributed by atoms with Gasteiger partial charge in [-0.1, -0.05) is 46.3 Å². The molecule has 176 valence electrons. The van der Waals surface area contributed by atoms with Crippen LogP contribution >= 0.6 is 15.9 Å². The lowest BCUT2D eigenvalue weighted by Crippen LogP contribution is -2.57. The quantitative estimate of drug-likeness (QED) is 0.387. The highest BCUT2D eigenvalue weighted by atomic mass is 79.9. The van der Waals surface area contributed by atoms with Crippen LogP contribution in [0, 0.1) is 6.92 Å². The fourth-order valence-electron chi connectivity index (χ4n) is 3.22. The molecule has 1 heterocycles. The molecular weight excluding hydrogens is 503 g/mol. The van der Waals surface area contributed by atoms with Crippen LogP contribution in [0.4, 0.5) is 23.8 Å². The molecule has 0 atom stereocenters. The number of halogens is 4. The summed E-state index contributed by atoms with van der Waals surface area (Å²) in [5, 5.41) is 13.7. The first-order valence-corrected chi connectivity index (χ1v) is 10.8. The van der Waals surface area contributed by atoms with Crippen LogP contribution in [0.5, 0.6) is 5.75 Å². The summed E-state index contributed by atoms with van der Waals surface area (Å²) in [5.41, 5.74) is -0.446. The van der Waals surface area contributed by atoms with E-state index in [1.54, 1.807) is 13.0 Å². The average Bonchev–Trinajstić information content (AvgIpc) is 3.06. The molecule has 2 aromatic carbocycles. The average molecular weight is 526 g/mol. The zero-order valence-corrected chi connectivity index (χ0v) is 19.8. The number of benzene rings is 2. The van der Waals surface area contributed by atoms with Crippen LogP contribution in [0.2, 0.25) is 0 Å². The maximum absolute atomic E-state index is 13.5. The Hall–Kier alpha value is -3.01. The third-order valence-electron chi connectivity index (χ3n) is 5.22. The zero-order valence-electron chi connectivity index (χ0n) is 18.2. The van der Waals surface area contributed by atoms with Crippen molar-refractivity contribution in [1.29, 1.82) is 0 Å². The second-order valence-electron chi connectivity index (χ2n) is 8.00. The molecule has 1 aromatic heterocycles. The normalized spacial score (nSPS) is 12.0. The molecule has 3 aromatic rings. The number of nitrogens with zero attached hydrogens (tertiary/aromatic N) is 3. The van der Waals surface area contributed by atoms with E-state index in [4.69, 9.17) is 4.74 Å². The SMILES string of the molecule is Cc1cc(N(C(=O)O)C(C)(C)C(F)(F)F)nn1Cc1cc(Br)ccc1OCc1ccccc1. The van der Waals surface area contributed by atoms with Crippen LogP contribution < -0.4 is 9.64 Å². The van der Waals surface area contributed by atoms with E-state index in [9.17, 15) is 23.1 Å². The van der Waals surface area contributed by atoms with Crippen molar-refractivity contribution < 1.29 is 27.8 Å². The van der Waals surface area contributed by atoms with Gasteiger partial charge in [-0.25, -0.2) is 9.69 Å². The third kappa shape index (κ3) is 5.50. The summed E-state index contributed by atoms with van der Waals surface area (Å²) >= 11 is 3.42. The second-order valence-corrected chi connectivity index (χ2v) is 8.92. The smallest absolute Gasteiger partial charge is 0.413 e. The number of anilines is 1. The summed E-state index contributed by atoms with van der Waals surface area (Å²) < 4.78 is 48.8. The van der Waals surface area contributed by atoms with Crippen LogP contribution in [0.25, 0.3) is 0 Å². The number of aryl methyl sites for hydroxylation is 1. The first-order valence-electron chi connectivity index (χ1n) is 9.99. The predicted molar refractivity (Wildman–Crippen MR) is 122 cm³/mol. The van der Waals surface area contributed by atoms with Crippen LogP contribution in [0.15, 0.2) is 59.1 Å². The van der Waals surface area contributed by atoms with Gasteiger partial charge in [0.15, 0.2) is 5.82 Å². The molecule has 3 rings (SSSR count). The van der Waals surface area contributed by atoms with Gasteiger partial charge in [-0.05, 0) is 44.5 Å². The van der Waals surface area contributed by atoms with Gasteiger partial charge in [-0.3, -0.25) is 4.68 Å². The van der Waals surface area contributed by atoms with Crippen molar-refractivity contribution in [3.63, 3.8) is 0 Å². The summed E-state index contributed by atoms with van der Waals surface area (Å²) in [7, 11) is 0. The Morgan fingerprint density at radius 1 is 1.15 bits per heavy atom. The van der Waals surface area contributed by atoms with Gasteiger partial charge in [0, 0.05) is 21.8 Å². The minimum absolute atomic E-state index is 0.176. The fraction of sp³-hybridized carbons (Fsp3) is 0.304. The molecule has 33 heavy (non-hydrogen) atoms. The van der Waals surface area contributed by atoms with Crippen LogP contribution in [-0.4, -0.2) is 32.7 Å². The number of ether oxygens (including phenoxy) is 1. The number of alkyl halides is 3. The summed E-state index contributed by atoms with van der Waals surface area (Å²) in [4.78, 5) is 12.0. The van der Waals surface area contributed by atoms with E-state index in [1.165, 1.54) is 10.7 Å². The highest BCUT2D eigenvalue weighted by Gasteiger charge is 2.54. The minimum Gasteiger partial charge on any atom is -0.489 e. The molecule has 1 amide bonds. The van der Waals surface area contributed by atoms with Crippen LogP contribution in [-0.2, 0) is 13.2 Å². The number of rotatable bonds is 7. The summed E-state index contributed by atoms with van der Waals surface area (Å²) in [6.07, 6.45) is -6.53. The lowest BCUT2D eigenvalue weighted by atomic mass is 10.0. The van der Waals surface area contributed by atoms with E-state index in [2.05, 4.69) is 21.0 Å². The first-order chi connectivity index (χ1) is 15.4. The first kappa shape index (κ1) is 24.6. The van der Waals surface area contributed by atoms with Crippen molar-refractivity contribution in [3.05, 3.63) is 75.9 Å². The minimum atomic E-state index is -4.79. The highest BCUT2D eigenvalue weighted by molar-refractivity contribution is 9.10. The van der Waals surface area contributed by atoms with Crippen molar-refractivity contribution in [2.75, 3.05) is 4.90 Å². The van der Waals surface area contributed by atoms with Gasteiger partial charge in [0.2, 0.25) is 0 Å². The molecule has 0 spiro atoms. The third-order valence-corrected chi connectivity index (χ3v) is 5.71. The standard InChI is InChI=1S/C23H23BrF3N3O3/c1-15-11-20(30(21(31)32)22(2,3)23(25,26)27)28-29(15)13-17-12-18(24)9-10-19(17)33-14-16-7-5-4-6-8-16/h4-12H,13-14H2,1-3H3,(H,31,32). The Morgan fingerprint density at radius 3 is 2.42 bits per heavy atom. The van der Waals surface area contributed by atoms with Gasteiger partial charge < -0.3 is 9.84 Å². The Bertz CT molecular complexity index is 1130. The molecule has 0 aliphatic rings. The molecule has 1 N–H and O–H groups in total. The van der Waals surface area contributed by atoms with Gasteiger partial charge >= 0.3 is 12.3 Å². The van der Waals surface area contributed by atoms with E-state index in [0.29, 0.717) is 18.1 Å². The number of carbonyl (C=O) groups is 1. The second kappa shape index (κ2) is 9.46. The monoisotopic (exact) mass is 525 g/mol. The predicted octanol–water partition coefficient (Wildman–Crippen LogP) is 6.41. The molecule has 0 unspecified atom stereocenters. The van der Waals surface area contributed by atoms with Gasteiger partial charge in [0.25, 0.3) is 0 Å². The Labute approximate surface area is 197 Å². The maximum Gasteiger partial charge on any atom is 0.413 e. The van der Waals surface area contributed by atoms with Gasteiger partial charge in [0.05, 0.1) is 6.54 Å². The van der Waals surface area contributed by atoms with E-state index >= 15 is 0 Å². The number of amides is 1. The topological polar surface area (TPSA) is 67.6 Å². The van der Waals surface area contributed by atoms with E-state index in [0.717, 1.165) is 29.4 Å². The highest BCUT2D eigenvalue weighted by Crippen LogP contribution is 2.38. The lowest BCUT2D eigenvalue weighted by Gasteiger charge is -2.36. The molecule has 0 fully saturated rings. The van der Waals surface area contributed by atoms with Gasteiger partial charge in [0.1, 0.15) is 17.9 Å². The molecule has 0 radical (unpaired) electrons. The molecule has 0 bridgehead atoms. The number of aromatic nitrogens is 2. The number of hydrogen-bond acceptors (Lipinski definition) is 3. The van der Waals surface area contributed by atoms with Crippen molar-refractivity contribution in [2.24, 2.45) is 0 Å². The molecule has 10 heteroatoms. The molecule has 0 saturated heterocycles. The largest absolute Gasteiger partial charge is 0.489 e. The van der Waals surface area contributed by atoms with Crippen molar-refractivity contribution in [3.8, 4) is 5.75 Å². The fourth-order valence-corrected chi connectivity index (χ4v) is 3.63. The summed E-state index contributed by atoms with van der Waals surface area (Å²) in [5.74, 6) is 0.285. The molecule has 6 nitrogen and oxygen atoms in total. The Balaban J connectivity index is 1.90. The van der Waals surface area contributed by atoms with Gasteiger partial charge in [-0.2, -0.15) is 18.3 Å². The summed E-state index contributed by atoms with van der Waals surface area (Å²) in [6.45, 7) is 3.78. The van der Waals surface area contributed by atoms with E-state index in [1.807, 2.05) is 42.5 Å². The number of carboxylic acid groups (broad SMARTS) is 1. The van der Waals surface area contributed by atoms with E-state index < -0.39 is 17.8 Å². The van der Waals surface area contributed by atoms with Crippen molar-refractivity contribution in [2.45, 2.75) is 45.6 Å². The van der Waals surface area contributed by atoms with Crippen molar-refractivity contribution >= 4 is 27.8 Å². The maximum atomic E-state index is 13.5. The summed E-state index contributed by atoms with van der Waals surface area (Å²) in [6, 6.07) is 16.4. The zero-order chi connectivity index (χ0) is 24.4. The van der Waals surface area contributed by atoms with Crippen molar-refractivity contribution in [1.82, 2.24) is 9.78 Å². The molecule has 0 saturated carbocycles. The lowest BCUT2D eigenvalue weighted by molar-refractivity contribution is -0.175. The Morgan fingerprint density at radius 2 is 1.82 bits per heavy atom. The van der Waals surface area contributed by atoms with Gasteiger partial charge in [-0.15, -0.1) is 0 Å². The van der Waals surface area contributed by atoms with Crippen LogP contribution in [0.3, 0.4) is 0 Å².